The third-order valence-corrected chi connectivity index (χ3v) is 1.58. The van der Waals surface area contributed by atoms with E-state index in [1.54, 1.807) is 0 Å². The van der Waals surface area contributed by atoms with Crippen LogP contribution in [0.15, 0.2) is 12.2 Å². The summed E-state index contributed by atoms with van der Waals surface area (Å²) in [7, 11) is 0. The predicted octanol–water partition coefficient (Wildman–Crippen LogP) is 3.14. The Morgan fingerprint density at radius 1 is 1.33 bits per heavy atom. The van der Waals surface area contributed by atoms with Crippen molar-refractivity contribution in [1.82, 2.24) is 0 Å². The highest BCUT2D eigenvalue weighted by molar-refractivity contribution is 5.85. The quantitative estimate of drug-likeness (QED) is 0.664. The van der Waals surface area contributed by atoms with Crippen molar-refractivity contribution in [2.75, 3.05) is 0 Å². The summed E-state index contributed by atoms with van der Waals surface area (Å²) in [4.78, 5) is 0. The second-order valence-electron chi connectivity index (χ2n) is 3.51. The molecule has 0 saturated carbocycles. The van der Waals surface area contributed by atoms with Crippen molar-refractivity contribution in [1.29, 1.82) is 0 Å². The maximum absolute atomic E-state index is 5.83. The summed E-state index contributed by atoms with van der Waals surface area (Å²) in [6.07, 6.45) is 7.79. The molecule has 1 atom stereocenters. The summed E-state index contributed by atoms with van der Waals surface area (Å²) >= 11 is 0. The fourth-order valence-electron chi connectivity index (χ4n) is 1.06. The molecule has 0 fully saturated rings. The van der Waals surface area contributed by atoms with Crippen LogP contribution in [0.5, 0.6) is 0 Å². The number of hydrogen-bond acceptors (Lipinski definition) is 1. The molecule has 12 heavy (non-hydrogen) atoms. The van der Waals surface area contributed by atoms with Gasteiger partial charge in [0.2, 0.25) is 0 Å². The van der Waals surface area contributed by atoms with E-state index in [2.05, 4.69) is 32.9 Å². The Balaban J connectivity index is 0. The van der Waals surface area contributed by atoms with Gasteiger partial charge in [0.15, 0.2) is 0 Å². The fraction of sp³-hybridized carbons (Fsp3) is 0.800. The zero-order valence-electron chi connectivity index (χ0n) is 8.42. The summed E-state index contributed by atoms with van der Waals surface area (Å²) in [5.41, 5.74) is 5.83. The minimum Gasteiger partial charge on any atom is -0.324 e. The summed E-state index contributed by atoms with van der Waals surface area (Å²) < 4.78 is 0. The van der Waals surface area contributed by atoms with E-state index >= 15 is 0 Å². The van der Waals surface area contributed by atoms with Gasteiger partial charge in [-0.1, -0.05) is 39.3 Å². The van der Waals surface area contributed by atoms with Gasteiger partial charge in [-0.25, -0.2) is 0 Å². The molecule has 0 aromatic carbocycles. The molecule has 2 heteroatoms. The van der Waals surface area contributed by atoms with E-state index in [-0.39, 0.29) is 18.4 Å². The van der Waals surface area contributed by atoms with E-state index in [9.17, 15) is 0 Å². The summed E-state index contributed by atoms with van der Waals surface area (Å²) in [6, 6.07) is 0.265. The van der Waals surface area contributed by atoms with Gasteiger partial charge in [-0.15, -0.1) is 12.4 Å². The normalized spacial score (nSPS) is 13.4. The number of unbranched alkanes of at least 4 members (excludes halogenated alkanes) is 1. The van der Waals surface area contributed by atoms with Crippen molar-refractivity contribution >= 4 is 12.4 Å². The topological polar surface area (TPSA) is 26.0 Å². The van der Waals surface area contributed by atoms with Crippen molar-refractivity contribution in [3.05, 3.63) is 12.2 Å². The van der Waals surface area contributed by atoms with Crippen LogP contribution in [0, 0.1) is 5.92 Å². The molecule has 0 aliphatic heterocycles. The number of nitrogens with two attached hydrogens (primary N) is 1. The van der Waals surface area contributed by atoms with Crippen molar-refractivity contribution in [3.63, 3.8) is 0 Å². The number of hydrogen-bond donors (Lipinski definition) is 1. The number of allylic oxidation sites excluding steroid dienone is 1. The van der Waals surface area contributed by atoms with Gasteiger partial charge in [0, 0.05) is 6.04 Å². The lowest BCUT2D eigenvalue weighted by atomic mass is 10.0. The molecule has 0 bridgehead atoms. The van der Waals surface area contributed by atoms with E-state index < -0.39 is 0 Å². The maximum atomic E-state index is 5.83. The molecule has 74 valence electrons. The molecule has 0 spiro atoms. The largest absolute Gasteiger partial charge is 0.324 e. The average Bonchev–Trinajstić information content (AvgIpc) is 1.86. The Bertz CT molecular complexity index is 110. The second-order valence-corrected chi connectivity index (χ2v) is 3.51. The third-order valence-electron chi connectivity index (χ3n) is 1.58. The lowest BCUT2D eigenvalue weighted by Gasteiger charge is -2.08. The summed E-state index contributed by atoms with van der Waals surface area (Å²) in [6.45, 7) is 6.58. The van der Waals surface area contributed by atoms with Gasteiger partial charge in [0.25, 0.3) is 0 Å². The molecule has 0 aliphatic rings. The first-order chi connectivity index (χ1) is 5.16. The minimum atomic E-state index is 0. The van der Waals surface area contributed by atoms with Gasteiger partial charge in [0.1, 0.15) is 0 Å². The molecule has 0 aliphatic carbocycles. The maximum Gasteiger partial charge on any atom is 0.0226 e. The molecule has 0 heterocycles. The summed E-state index contributed by atoms with van der Waals surface area (Å²) in [5, 5.41) is 0. The molecule has 0 rings (SSSR count). The smallest absolute Gasteiger partial charge is 0.0226 e. The molecule has 1 unspecified atom stereocenters. The number of rotatable bonds is 5. The Morgan fingerprint density at radius 2 is 1.92 bits per heavy atom. The lowest BCUT2D eigenvalue weighted by Crippen LogP contribution is -2.18. The lowest BCUT2D eigenvalue weighted by molar-refractivity contribution is 0.545. The zero-order valence-corrected chi connectivity index (χ0v) is 9.23. The highest BCUT2D eigenvalue weighted by atomic mass is 35.5. The van der Waals surface area contributed by atoms with Gasteiger partial charge in [-0.05, 0) is 18.8 Å². The first-order valence-corrected chi connectivity index (χ1v) is 4.59. The minimum absolute atomic E-state index is 0. The molecule has 0 radical (unpaired) electrons. The van der Waals surface area contributed by atoms with E-state index in [0.29, 0.717) is 5.92 Å². The zero-order chi connectivity index (χ0) is 8.69. The van der Waals surface area contributed by atoms with Crippen LogP contribution in [0.2, 0.25) is 0 Å². The Labute approximate surface area is 82.8 Å². The molecule has 0 saturated heterocycles. The van der Waals surface area contributed by atoms with Crippen molar-refractivity contribution in [2.24, 2.45) is 11.7 Å². The monoisotopic (exact) mass is 191 g/mol. The van der Waals surface area contributed by atoms with Crippen LogP contribution in [-0.4, -0.2) is 6.04 Å². The van der Waals surface area contributed by atoms with Gasteiger partial charge in [0.05, 0.1) is 0 Å². The van der Waals surface area contributed by atoms with Crippen LogP contribution in [0.4, 0.5) is 0 Å². The Kier molecular flexibility index (Phi) is 11.0. The highest BCUT2D eigenvalue weighted by Crippen LogP contribution is 2.03. The Hall–Kier alpha value is -0.0100. The first-order valence-electron chi connectivity index (χ1n) is 4.59. The fourth-order valence-corrected chi connectivity index (χ4v) is 1.06. The molecule has 0 amide bonds. The van der Waals surface area contributed by atoms with Crippen LogP contribution in [0.3, 0.4) is 0 Å². The van der Waals surface area contributed by atoms with E-state index in [0.717, 1.165) is 12.8 Å². The standard InChI is InChI=1S/C10H21N.ClH/c1-4-5-6-7-10(11)8-9(2)3;/h6-7,9-10H,4-5,8,11H2,1-3H3;1H. The third kappa shape index (κ3) is 9.99. The first kappa shape index (κ1) is 14.5. The van der Waals surface area contributed by atoms with Gasteiger partial charge in [-0.3, -0.25) is 0 Å². The van der Waals surface area contributed by atoms with Crippen LogP contribution in [-0.2, 0) is 0 Å². The SMILES string of the molecule is CCCC=CC(N)CC(C)C.Cl. The van der Waals surface area contributed by atoms with Crippen LogP contribution in [0.25, 0.3) is 0 Å². The molecule has 2 N–H and O–H groups in total. The van der Waals surface area contributed by atoms with Crippen molar-refractivity contribution < 1.29 is 0 Å². The van der Waals surface area contributed by atoms with Crippen LogP contribution >= 0.6 is 12.4 Å². The van der Waals surface area contributed by atoms with Crippen molar-refractivity contribution in [3.8, 4) is 0 Å². The van der Waals surface area contributed by atoms with E-state index in [1.165, 1.54) is 6.42 Å². The molecule has 0 aromatic rings. The highest BCUT2D eigenvalue weighted by Gasteiger charge is 1.99. The molecular formula is C10H22ClN. The average molecular weight is 192 g/mol. The second kappa shape index (κ2) is 9.08. The summed E-state index contributed by atoms with van der Waals surface area (Å²) in [5.74, 6) is 0.705. The van der Waals surface area contributed by atoms with Crippen molar-refractivity contribution in [2.45, 2.75) is 46.1 Å². The van der Waals surface area contributed by atoms with Gasteiger partial charge in [-0.2, -0.15) is 0 Å². The molecule has 0 aromatic heterocycles. The van der Waals surface area contributed by atoms with E-state index in [1.807, 2.05) is 0 Å². The van der Waals surface area contributed by atoms with Crippen LogP contribution < -0.4 is 5.73 Å². The van der Waals surface area contributed by atoms with Gasteiger partial charge >= 0.3 is 0 Å². The van der Waals surface area contributed by atoms with Crippen LogP contribution in [0.1, 0.15) is 40.0 Å². The molecule has 1 nitrogen and oxygen atoms in total. The van der Waals surface area contributed by atoms with E-state index in [4.69, 9.17) is 5.73 Å². The number of halogens is 1. The molecular weight excluding hydrogens is 170 g/mol. The Morgan fingerprint density at radius 3 is 2.33 bits per heavy atom. The van der Waals surface area contributed by atoms with Gasteiger partial charge < -0.3 is 5.73 Å². The predicted molar refractivity (Wildman–Crippen MR) is 58.7 cm³/mol.